The van der Waals surface area contributed by atoms with Crippen molar-refractivity contribution in [2.45, 2.75) is 13.3 Å². The summed E-state index contributed by atoms with van der Waals surface area (Å²) in [5, 5.41) is 3.01. The molecule has 0 aliphatic heterocycles. The van der Waals surface area contributed by atoms with Crippen molar-refractivity contribution in [3.63, 3.8) is 0 Å². The molecule has 2 rings (SSSR count). The van der Waals surface area contributed by atoms with Gasteiger partial charge >= 0.3 is 0 Å². The number of hydrogen-bond acceptors (Lipinski definition) is 1. The van der Waals surface area contributed by atoms with Gasteiger partial charge in [-0.05, 0) is 34.5 Å². The van der Waals surface area contributed by atoms with Crippen LogP contribution in [-0.4, -0.2) is 9.78 Å². The molecule has 3 nitrogen and oxygen atoms in total. The average Bonchev–Trinajstić information content (AvgIpc) is 2.57. The number of hydrogen-bond donors (Lipinski definition) is 1. The molecular weight excluding hydrogens is 310 g/mol. The van der Waals surface area contributed by atoms with Crippen LogP contribution in [0.25, 0.3) is 5.69 Å². The molecule has 0 unspecified atom stereocenters. The number of rotatable bonds is 2. The molecule has 6 heteroatoms. The number of para-hydroxylation sites is 1. The molecule has 1 aromatic carbocycles. The summed E-state index contributed by atoms with van der Waals surface area (Å²) in [6.07, 6.45) is 0.634. The van der Waals surface area contributed by atoms with Gasteiger partial charge in [0.1, 0.15) is 16.0 Å². The second kappa shape index (κ2) is 4.66. The van der Waals surface area contributed by atoms with E-state index in [4.69, 9.17) is 11.6 Å². The van der Waals surface area contributed by atoms with Gasteiger partial charge in [0.05, 0.1) is 10.7 Å². The van der Waals surface area contributed by atoms with Gasteiger partial charge in [0.15, 0.2) is 0 Å². The standard InChI is InChI=1S/C11H9BrClFN2O/c1-2-8-9(12)11(17)16(15-8)10-6(13)4-3-5-7(10)14/h3-5,15H,2H2,1H3. The molecule has 1 heterocycles. The summed E-state index contributed by atoms with van der Waals surface area (Å²) in [4.78, 5) is 11.9. The average molecular weight is 320 g/mol. The Morgan fingerprint density at radius 3 is 2.76 bits per heavy atom. The third-order valence-corrected chi connectivity index (χ3v) is 3.54. The Hall–Kier alpha value is -1.07. The first-order valence-corrected chi connectivity index (χ1v) is 6.17. The van der Waals surface area contributed by atoms with E-state index >= 15 is 0 Å². The quantitative estimate of drug-likeness (QED) is 0.906. The molecule has 1 N–H and O–H groups in total. The van der Waals surface area contributed by atoms with E-state index in [9.17, 15) is 9.18 Å². The van der Waals surface area contributed by atoms with Gasteiger partial charge in [0.2, 0.25) is 0 Å². The number of aromatic nitrogens is 2. The highest BCUT2D eigenvalue weighted by atomic mass is 79.9. The minimum absolute atomic E-state index is 0.0413. The number of aryl methyl sites for hydroxylation is 1. The molecular formula is C11H9BrClFN2O. The van der Waals surface area contributed by atoms with Gasteiger partial charge in [-0.3, -0.25) is 9.89 Å². The Labute approximate surface area is 110 Å². The number of benzene rings is 1. The van der Waals surface area contributed by atoms with E-state index in [1.165, 1.54) is 18.2 Å². The van der Waals surface area contributed by atoms with E-state index in [0.717, 1.165) is 4.68 Å². The maximum Gasteiger partial charge on any atom is 0.285 e. The molecule has 0 atom stereocenters. The molecule has 0 amide bonds. The first-order chi connectivity index (χ1) is 8.06. The fourth-order valence-electron chi connectivity index (χ4n) is 1.56. The summed E-state index contributed by atoms with van der Waals surface area (Å²) in [6, 6.07) is 4.28. The molecule has 0 fully saturated rings. The Morgan fingerprint density at radius 1 is 1.53 bits per heavy atom. The summed E-state index contributed by atoms with van der Waals surface area (Å²) in [5.41, 5.74) is 0.391. The van der Waals surface area contributed by atoms with E-state index in [1.54, 1.807) is 0 Å². The van der Waals surface area contributed by atoms with Crippen molar-refractivity contribution in [3.05, 3.63) is 49.6 Å². The molecule has 1 aromatic heterocycles. The van der Waals surface area contributed by atoms with Gasteiger partial charge in [0.25, 0.3) is 5.56 Å². The van der Waals surface area contributed by atoms with Crippen molar-refractivity contribution in [3.8, 4) is 5.69 Å². The SMILES string of the molecule is CCc1[nH]n(-c2c(F)cccc2Cl)c(=O)c1Br. The van der Waals surface area contributed by atoms with Crippen molar-refractivity contribution < 1.29 is 4.39 Å². The van der Waals surface area contributed by atoms with Crippen molar-refractivity contribution in [2.24, 2.45) is 0 Å². The van der Waals surface area contributed by atoms with Crippen molar-refractivity contribution in [1.82, 2.24) is 9.78 Å². The third-order valence-electron chi connectivity index (χ3n) is 2.42. The minimum Gasteiger partial charge on any atom is -0.294 e. The summed E-state index contributed by atoms with van der Waals surface area (Å²) < 4.78 is 15.2. The highest BCUT2D eigenvalue weighted by Crippen LogP contribution is 2.23. The lowest BCUT2D eigenvalue weighted by atomic mass is 10.3. The van der Waals surface area contributed by atoms with Crippen LogP contribution in [0.2, 0.25) is 5.02 Å². The maximum atomic E-state index is 13.7. The molecule has 17 heavy (non-hydrogen) atoms. The van der Waals surface area contributed by atoms with E-state index in [0.29, 0.717) is 16.6 Å². The highest BCUT2D eigenvalue weighted by Gasteiger charge is 2.16. The molecule has 0 saturated heterocycles. The first kappa shape index (κ1) is 12.4. The van der Waals surface area contributed by atoms with Gasteiger partial charge < -0.3 is 0 Å². The van der Waals surface area contributed by atoms with E-state index in [1.807, 2.05) is 6.92 Å². The molecule has 0 radical (unpaired) electrons. The lowest BCUT2D eigenvalue weighted by Crippen LogP contribution is -2.16. The largest absolute Gasteiger partial charge is 0.294 e. The van der Waals surface area contributed by atoms with Crippen LogP contribution in [0.5, 0.6) is 0 Å². The summed E-state index contributed by atoms with van der Waals surface area (Å²) in [7, 11) is 0. The zero-order chi connectivity index (χ0) is 12.6. The predicted octanol–water partition coefficient (Wildman–Crippen LogP) is 3.28. The van der Waals surface area contributed by atoms with Crippen molar-refractivity contribution in [2.75, 3.05) is 0 Å². The zero-order valence-electron chi connectivity index (χ0n) is 8.93. The van der Waals surface area contributed by atoms with Gasteiger partial charge in [0, 0.05) is 0 Å². The number of nitrogens with one attached hydrogen (secondary N) is 1. The third kappa shape index (κ3) is 2.05. The number of H-pyrrole nitrogens is 1. The fraction of sp³-hybridized carbons (Fsp3) is 0.182. The van der Waals surface area contributed by atoms with Crippen molar-refractivity contribution >= 4 is 27.5 Å². The molecule has 0 aliphatic carbocycles. The van der Waals surface area contributed by atoms with Gasteiger partial charge in [-0.15, -0.1) is 0 Å². The number of halogens is 3. The highest BCUT2D eigenvalue weighted by molar-refractivity contribution is 9.10. The van der Waals surface area contributed by atoms with Crippen LogP contribution in [0.15, 0.2) is 27.5 Å². The van der Waals surface area contributed by atoms with Gasteiger partial charge in [-0.25, -0.2) is 9.07 Å². The van der Waals surface area contributed by atoms with E-state index in [-0.39, 0.29) is 16.3 Å². The second-order valence-electron chi connectivity index (χ2n) is 3.47. The van der Waals surface area contributed by atoms with Crippen LogP contribution < -0.4 is 5.56 Å². The molecule has 2 aromatic rings. The molecule has 0 aliphatic rings. The van der Waals surface area contributed by atoms with E-state index in [2.05, 4.69) is 21.0 Å². The van der Waals surface area contributed by atoms with Crippen LogP contribution in [0.1, 0.15) is 12.6 Å². The van der Waals surface area contributed by atoms with Gasteiger partial charge in [-0.1, -0.05) is 24.6 Å². The van der Waals surface area contributed by atoms with Crippen LogP contribution in [-0.2, 0) is 6.42 Å². The lowest BCUT2D eigenvalue weighted by molar-refractivity contribution is 0.607. The van der Waals surface area contributed by atoms with Crippen LogP contribution in [0, 0.1) is 5.82 Å². The van der Waals surface area contributed by atoms with Crippen LogP contribution >= 0.6 is 27.5 Å². The van der Waals surface area contributed by atoms with Gasteiger partial charge in [-0.2, -0.15) is 0 Å². The number of aromatic amines is 1. The second-order valence-corrected chi connectivity index (χ2v) is 4.67. The number of nitrogens with zero attached hydrogens (tertiary/aromatic N) is 1. The molecule has 0 bridgehead atoms. The first-order valence-electron chi connectivity index (χ1n) is 5.00. The predicted molar refractivity (Wildman–Crippen MR) is 68.4 cm³/mol. The monoisotopic (exact) mass is 318 g/mol. The maximum absolute atomic E-state index is 13.7. The normalized spacial score (nSPS) is 10.8. The topological polar surface area (TPSA) is 37.8 Å². The smallest absolute Gasteiger partial charge is 0.285 e. The summed E-state index contributed by atoms with van der Waals surface area (Å²) in [5.74, 6) is -0.545. The van der Waals surface area contributed by atoms with Crippen LogP contribution in [0.3, 0.4) is 0 Å². The summed E-state index contributed by atoms with van der Waals surface area (Å²) in [6.45, 7) is 1.89. The Morgan fingerprint density at radius 2 is 2.24 bits per heavy atom. The van der Waals surface area contributed by atoms with Crippen LogP contribution in [0.4, 0.5) is 4.39 Å². The lowest BCUT2D eigenvalue weighted by Gasteiger charge is -2.05. The Bertz CT molecular complexity index is 600. The Balaban J connectivity index is 2.74. The van der Waals surface area contributed by atoms with E-state index < -0.39 is 5.82 Å². The minimum atomic E-state index is -0.545. The molecule has 0 spiro atoms. The molecule has 0 saturated carbocycles. The summed E-state index contributed by atoms with van der Waals surface area (Å²) >= 11 is 9.08. The fourth-order valence-corrected chi connectivity index (χ4v) is 2.35. The zero-order valence-corrected chi connectivity index (χ0v) is 11.3. The Kier molecular flexibility index (Phi) is 3.40. The van der Waals surface area contributed by atoms with Crippen molar-refractivity contribution in [1.29, 1.82) is 0 Å². The molecule has 90 valence electrons.